The predicted molar refractivity (Wildman–Crippen MR) is 116 cm³/mol. The smallest absolute Gasteiger partial charge is 0.257 e. The number of anilines is 1. The van der Waals surface area contributed by atoms with Gasteiger partial charge in [-0.3, -0.25) is 15.0 Å². The molecule has 8 nitrogen and oxygen atoms in total. The molecular weight excluding hydrogens is 424 g/mol. The van der Waals surface area contributed by atoms with Crippen molar-refractivity contribution in [3.05, 3.63) is 51.4 Å². The molecule has 1 amide bonds. The zero-order valence-electron chi connectivity index (χ0n) is 16.5. The number of benzene rings is 1. The first kappa shape index (κ1) is 20.7. The number of hydrogen-bond acceptors (Lipinski definition) is 9. The molecule has 0 saturated carbocycles. The average molecular weight is 447 g/mol. The third-order valence-corrected chi connectivity index (χ3v) is 5.99. The lowest BCUT2D eigenvalue weighted by Gasteiger charge is -2.25. The van der Waals surface area contributed by atoms with Gasteiger partial charge in [-0.05, 0) is 18.2 Å². The number of aromatic nitrogens is 2. The van der Waals surface area contributed by atoms with Crippen molar-refractivity contribution in [2.75, 3.05) is 38.7 Å². The highest BCUT2D eigenvalue weighted by Gasteiger charge is 2.15. The number of carbonyl (C=O) groups is 1. The zero-order chi connectivity index (χ0) is 20.8. The van der Waals surface area contributed by atoms with E-state index in [2.05, 4.69) is 20.2 Å². The van der Waals surface area contributed by atoms with Crippen LogP contribution >= 0.6 is 22.7 Å². The fraction of sp³-hybridized carbons (Fsp3) is 0.350. The van der Waals surface area contributed by atoms with Gasteiger partial charge in [-0.15, -0.1) is 22.7 Å². The number of thiazole rings is 2. The summed E-state index contributed by atoms with van der Waals surface area (Å²) in [5, 5.41) is 7.34. The molecule has 0 bridgehead atoms. The molecule has 1 aliphatic rings. The first-order valence-corrected chi connectivity index (χ1v) is 11.3. The Morgan fingerprint density at radius 2 is 2.10 bits per heavy atom. The Labute approximate surface area is 182 Å². The summed E-state index contributed by atoms with van der Waals surface area (Å²) in [5.41, 5.74) is 4.02. The van der Waals surface area contributed by atoms with Gasteiger partial charge in [0.25, 0.3) is 5.91 Å². The molecule has 4 rings (SSSR count). The van der Waals surface area contributed by atoms with E-state index in [-0.39, 0.29) is 5.91 Å². The Kier molecular flexibility index (Phi) is 6.90. The maximum absolute atomic E-state index is 12.7. The zero-order valence-corrected chi connectivity index (χ0v) is 18.1. The Morgan fingerprint density at radius 1 is 1.23 bits per heavy atom. The second-order valence-corrected chi connectivity index (χ2v) is 8.20. The van der Waals surface area contributed by atoms with Crippen LogP contribution in [0, 0.1) is 0 Å². The van der Waals surface area contributed by atoms with Gasteiger partial charge in [0.15, 0.2) is 16.6 Å². The van der Waals surface area contributed by atoms with E-state index in [4.69, 9.17) is 14.2 Å². The van der Waals surface area contributed by atoms with Crippen LogP contribution < -0.4 is 14.8 Å². The molecule has 1 aliphatic heterocycles. The normalized spacial score (nSPS) is 14.4. The lowest BCUT2D eigenvalue weighted by Crippen LogP contribution is -2.35. The third-order valence-electron chi connectivity index (χ3n) is 4.55. The number of carbonyl (C=O) groups excluding carboxylic acids is 1. The minimum atomic E-state index is -0.244. The van der Waals surface area contributed by atoms with E-state index in [1.54, 1.807) is 30.8 Å². The molecular formula is C20H22N4O4S2. The van der Waals surface area contributed by atoms with E-state index in [9.17, 15) is 4.79 Å². The highest BCUT2D eigenvalue weighted by molar-refractivity contribution is 7.14. The molecule has 1 fully saturated rings. The van der Waals surface area contributed by atoms with Crippen LogP contribution in [-0.2, 0) is 17.9 Å². The van der Waals surface area contributed by atoms with Crippen LogP contribution in [0.2, 0.25) is 0 Å². The van der Waals surface area contributed by atoms with Crippen molar-refractivity contribution in [2.45, 2.75) is 13.2 Å². The fourth-order valence-corrected chi connectivity index (χ4v) is 4.22. The average Bonchev–Trinajstić information content (AvgIpc) is 3.45. The largest absolute Gasteiger partial charge is 0.493 e. The number of ether oxygens (including phenoxy) is 3. The number of amides is 1. The summed E-state index contributed by atoms with van der Waals surface area (Å²) < 4.78 is 16.5. The summed E-state index contributed by atoms with van der Waals surface area (Å²) in [7, 11) is 1.55. The Bertz CT molecular complexity index is 971. The second kappa shape index (κ2) is 9.98. The maximum atomic E-state index is 12.7. The standard InChI is InChI=1S/C20H22N4O4S2/c1-26-18-8-14(2-3-17(18)28-10-16-11-29-13-21-16)19(25)23-20-22-15(12-30-20)9-24-4-6-27-7-5-24/h2-3,8,11-13H,4-7,9-10H2,1H3,(H,22,23,25). The Morgan fingerprint density at radius 3 is 2.87 bits per heavy atom. The van der Waals surface area contributed by atoms with Gasteiger partial charge in [-0.25, -0.2) is 9.97 Å². The number of nitrogens with zero attached hydrogens (tertiary/aromatic N) is 3. The van der Waals surface area contributed by atoms with Crippen molar-refractivity contribution < 1.29 is 19.0 Å². The Balaban J connectivity index is 1.37. The minimum absolute atomic E-state index is 0.244. The van der Waals surface area contributed by atoms with Gasteiger partial charge in [-0.1, -0.05) is 0 Å². The van der Waals surface area contributed by atoms with E-state index in [0.717, 1.165) is 44.2 Å². The van der Waals surface area contributed by atoms with E-state index >= 15 is 0 Å². The molecule has 3 heterocycles. The van der Waals surface area contributed by atoms with E-state index < -0.39 is 0 Å². The molecule has 30 heavy (non-hydrogen) atoms. The molecule has 2 aromatic heterocycles. The van der Waals surface area contributed by atoms with E-state index in [1.165, 1.54) is 22.7 Å². The number of hydrogen-bond donors (Lipinski definition) is 1. The van der Waals surface area contributed by atoms with Crippen molar-refractivity contribution in [3.63, 3.8) is 0 Å². The molecule has 0 radical (unpaired) electrons. The summed E-state index contributed by atoms with van der Waals surface area (Å²) in [6, 6.07) is 5.09. The van der Waals surface area contributed by atoms with Crippen molar-refractivity contribution in [1.82, 2.24) is 14.9 Å². The lowest BCUT2D eigenvalue weighted by molar-refractivity contribution is 0.0337. The molecule has 0 atom stereocenters. The number of methoxy groups -OCH3 is 1. The molecule has 0 unspecified atom stereocenters. The summed E-state index contributed by atoms with van der Waals surface area (Å²) >= 11 is 2.93. The predicted octanol–water partition coefficient (Wildman–Crippen LogP) is 3.27. The third kappa shape index (κ3) is 5.33. The van der Waals surface area contributed by atoms with E-state index in [0.29, 0.717) is 28.8 Å². The summed E-state index contributed by atoms with van der Waals surface area (Å²) in [6.07, 6.45) is 0. The van der Waals surface area contributed by atoms with Gasteiger partial charge >= 0.3 is 0 Å². The number of nitrogens with one attached hydrogen (secondary N) is 1. The summed E-state index contributed by atoms with van der Waals surface area (Å²) in [4.78, 5) is 23.7. The molecule has 158 valence electrons. The van der Waals surface area contributed by atoms with E-state index in [1.807, 2.05) is 10.8 Å². The first-order chi connectivity index (χ1) is 14.7. The van der Waals surface area contributed by atoms with Gasteiger partial charge in [0, 0.05) is 36.0 Å². The number of morpholine rings is 1. The maximum Gasteiger partial charge on any atom is 0.257 e. The lowest BCUT2D eigenvalue weighted by atomic mass is 10.2. The van der Waals surface area contributed by atoms with Crippen LogP contribution in [0.1, 0.15) is 21.7 Å². The number of rotatable bonds is 8. The molecule has 3 aromatic rings. The van der Waals surface area contributed by atoms with Crippen LogP contribution in [0.25, 0.3) is 0 Å². The van der Waals surface area contributed by atoms with Crippen LogP contribution in [-0.4, -0.2) is 54.2 Å². The second-order valence-electron chi connectivity index (χ2n) is 6.62. The molecule has 1 aromatic carbocycles. The fourth-order valence-electron chi connectivity index (χ4n) is 2.98. The van der Waals surface area contributed by atoms with Crippen molar-refractivity contribution in [1.29, 1.82) is 0 Å². The van der Waals surface area contributed by atoms with Gasteiger partial charge in [0.05, 0.1) is 37.2 Å². The monoisotopic (exact) mass is 446 g/mol. The van der Waals surface area contributed by atoms with Gasteiger partial charge in [-0.2, -0.15) is 0 Å². The molecule has 1 N–H and O–H groups in total. The van der Waals surface area contributed by atoms with Crippen molar-refractivity contribution in [3.8, 4) is 11.5 Å². The van der Waals surface area contributed by atoms with Crippen LogP contribution in [0.3, 0.4) is 0 Å². The van der Waals surface area contributed by atoms with Crippen LogP contribution in [0.15, 0.2) is 34.5 Å². The van der Waals surface area contributed by atoms with Crippen LogP contribution in [0.4, 0.5) is 5.13 Å². The summed E-state index contributed by atoms with van der Waals surface area (Å²) in [5.74, 6) is 0.806. The summed E-state index contributed by atoms with van der Waals surface area (Å²) in [6.45, 7) is 4.40. The van der Waals surface area contributed by atoms with Crippen molar-refractivity contribution in [2.24, 2.45) is 0 Å². The molecule has 0 spiro atoms. The highest BCUT2D eigenvalue weighted by Crippen LogP contribution is 2.29. The van der Waals surface area contributed by atoms with Crippen LogP contribution in [0.5, 0.6) is 11.5 Å². The molecule has 0 aliphatic carbocycles. The van der Waals surface area contributed by atoms with Gasteiger partial charge in [0.2, 0.25) is 0 Å². The first-order valence-electron chi connectivity index (χ1n) is 9.45. The topological polar surface area (TPSA) is 85.8 Å². The van der Waals surface area contributed by atoms with Gasteiger partial charge < -0.3 is 14.2 Å². The quantitative estimate of drug-likeness (QED) is 0.568. The van der Waals surface area contributed by atoms with Gasteiger partial charge in [0.1, 0.15) is 6.61 Å². The SMILES string of the molecule is COc1cc(C(=O)Nc2nc(CN3CCOCC3)cs2)ccc1OCc1cscn1. The molecule has 10 heteroatoms. The van der Waals surface area contributed by atoms with Crippen molar-refractivity contribution >= 4 is 33.7 Å². The molecule has 1 saturated heterocycles. The Hall–Kier alpha value is -2.53. The minimum Gasteiger partial charge on any atom is -0.493 e. The highest BCUT2D eigenvalue weighted by atomic mass is 32.1.